The van der Waals surface area contributed by atoms with Crippen molar-refractivity contribution < 1.29 is 22.6 Å². The topological polar surface area (TPSA) is 157 Å². The SMILES string of the molecule is COc1cc([N+](=O)[O-])ccc1N=Nc1cc(S(=O)(=O)O)c2ccccc2c1N.[NaH]. The van der Waals surface area contributed by atoms with E-state index >= 15 is 0 Å². The molecule has 3 aromatic carbocycles. The number of azo groups is 1. The number of rotatable bonds is 5. The van der Waals surface area contributed by atoms with E-state index in [2.05, 4.69) is 10.2 Å². The van der Waals surface area contributed by atoms with Crippen LogP contribution >= 0.6 is 0 Å². The molecule has 10 nitrogen and oxygen atoms in total. The molecule has 0 radical (unpaired) electrons. The van der Waals surface area contributed by atoms with Gasteiger partial charge in [0.05, 0.1) is 23.8 Å². The molecular weight excluding hydrogens is 411 g/mol. The molecule has 0 saturated heterocycles. The Hall–Kier alpha value is -2.57. The number of benzene rings is 3. The van der Waals surface area contributed by atoms with Crippen molar-refractivity contribution in [2.45, 2.75) is 4.90 Å². The number of nitrogens with two attached hydrogens (primary N) is 1. The molecule has 0 aliphatic rings. The third-order valence-electron chi connectivity index (χ3n) is 3.94. The summed E-state index contributed by atoms with van der Waals surface area (Å²) in [5, 5.41) is 19.4. The Bertz CT molecular complexity index is 1230. The number of ether oxygens (including phenoxy) is 1. The van der Waals surface area contributed by atoms with Crippen LogP contribution in [-0.4, -0.2) is 54.6 Å². The first kappa shape index (κ1) is 22.7. The number of anilines is 1. The van der Waals surface area contributed by atoms with Gasteiger partial charge in [-0.2, -0.15) is 8.42 Å². The Morgan fingerprint density at radius 1 is 1.07 bits per heavy atom. The minimum atomic E-state index is -4.54. The van der Waals surface area contributed by atoms with Gasteiger partial charge in [0.15, 0.2) is 5.75 Å². The Labute approximate surface area is 187 Å². The average molecular weight is 426 g/mol. The molecule has 3 rings (SSSR count). The van der Waals surface area contributed by atoms with E-state index in [4.69, 9.17) is 10.5 Å². The number of hydrogen-bond donors (Lipinski definition) is 2. The van der Waals surface area contributed by atoms with Gasteiger partial charge in [0, 0.05) is 16.8 Å². The first-order chi connectivity index (χ1) is 13.2. The summed E-state index contributed by atoms with van der Waals surface area (Å²) >= 11 is 0. The maximum absolute atomic E-state index is 11.7. The van der Waals surface area contributed by atoms with Crippen LogP contribution in [0.1, 0.15) is 0 Å². The van der Waals surface area contributed by atoms with E-state index in [-0.39, 0.29) is 68.3 Å². The van der Waals surface area contributed by atoms with Gasteiger partial charge in [-0.3, -0.25) is 14.7 Å². The van der Waals surface area contributed by atoms with Crippen molar-refractivity contribution >= 4 is 73.2 Å². The molecule has 3 aromatic rings. The Kier molecular flexibility index (Phi) is 6.93. The zero-order valence-corrected chi connectivity index (χ0v) is 15.3. The quantitative estimate of drug-likeness (QED) is 0.158. The van der Waals surface area contributed by atoms with E-state index < -0.39 is 15.0 Å². The summed E-state index contributed by atoms with van der Waals surface area (Å²) in [5.74, 6) is 0.104. The van der Waals surface area contributed by atoms with Crippen LogP contribution in [0.2, 0.25) is 0 Å². The van der Waals surface area contributed by atoms with Crippen molar-refractivity contribution in [1.82, 2.24) is 0 Å². The third kappa shape index (κ3) is 4.71. The fourth-order valence-electron chi connectivity index (χ4n) is 2.62. The normalized spacial score (nSPS) is 11.4. The first-order valence-electron chi connectivity index (χ1n) is 7.75. The number of nitro benzene ring substituents is 1. The third-order valence-corrected chi connectivity index (χ3v) is 4.84. The van der Waals surface area contributed by atoms with Gasteiger partial charge in [0.1, 0.15) is 16.3 Å². The minimum absolute atomic E-state index is 0. The number of non-ortho nitro benzene ring substituents is 1. The second-order valence-electron chi connectivity index (χ2n) is 5.64. The predicted molar refractivity (Wildman–Crippen MR) is 109 cm³/mol. The zero-order chi connectivity index (χ0) is 20.5. The summed E-state index contributed by atoms with van der Waals surface area (Å²) in [4.78, 5) is 9.92. The van der Waals surface area contributed by atoms with Crippen LogP contribution in [0, 0.1) is 10.1 Å². The van der Waals surface area contributed by atoms with Crippen molar-refractivity contribution in [3.8, 4) is 5.75 Å². The molecule has 0 bridgehead atoms. The molecule has 0 unspecified atom stereocenters. The van der Waals surface area contributed by atoms with E-state index in [1.165, 1.54) is 31.4 Å². The van der Waals surface area contributed by atoms with E-state index in [1.54, 1.807) is 18.2 Å². The molecule has 3 N–H and O–H groups in total. The molecule has 0 fully saturated rings. The predicted octanol–water partition coefficient (Wildman–Crippen LogP) is 3.35. The van der Waals surface area contributed by atoms with E-state index in [0.717, 1.165) is 6.07 Å². The summed E-state index contributed by atoms with van der Waals surface area (Å²) in [6.07, 6.45) is 0. The molecule has 0 spiro atoms. The van der Waals surface area contributed by atoms with E-state index in [1.807, 2.05) is 0 Å². The van der Waals surface area contributed by atoms with Crippen molar-refractivity contribution in [3.05, 3.63) is 58.6 Å². The van der Waals surface area contributed by atoms with Crippen LogP contribution in [0.25, 0.3) is 10.8 Å². The average Bonchev–Trinajstić information content (AvgIpc) is 2.66. The maximum atomic E-state index is 11.7. The number of methoxy groups -OCH3 is 1. The van der Waals surface area contributed by atoms with Gasteiger partial charge in [-0.1, -0.05) is 24.3 Å². The van der Waals surface area contributed by atoms with Crippen LogP contribution in [0.15, 0.2) is 63.7 Å². The number of nitrogens with zero attached hydrogens (tertiary/aromatic N) is 3. The first-order valence-corrected chi connectivity index (χ1v) is 9.19. The molecule has 0 aliphatic carbocycles. The van der Waals surface area contributed by atoms with Crippen LogP contribution in [0.4, 0.5) is 22.7 Å². The molecular formula is C17H15N4NaO6S. The van der Waals surface area contributed by atoms with Gasteiger partial charge in [-0.25, -0.2) is 0 Å². The molecule has 0 amide bonds. The number of nitrogen functional groups attached to an aromatic ring is 1. The molecule has 0 heterocycles. The van der Waals surface area contributed by atoms with Crippen LogP contribution < -0.4 is 10.5 Å². The van der Waals surface area contributed by atoms with Gasteiger partial charge in [0.25, 0.3) is 15.8 Å². The van der Waals surface area contributed by atoms with Crippen LogP contribution in [-0.2, 0) is 10.1 Å². The van der Waals surface area contributed by atoms with Crippen LogP contribution in [0.5, 0.6) is 5.75 Å². The molecule has 0 atom stereocenters. The van der Waals surface area contributed by atoms with E-state index in [0.29, 0.717) is 5.39 Å². The number of hydrogen-bond acceptors (Lipinski definition) is 8. The molecule has 29 heavy (non-hydrogen) atoms. The second-order valence-corrected chi connectivity index (χ2v) is 7.03. The standard InChI is InChI=1S/C17H14N4O6S.Na.H/c1-27-15-8-10(21(22)23)6-7-13(15)19-20-14-9-16(28(24,25)26)11-4-2-3-5-12(11)17(14)18;;/h2-9H,18H2,1H3,(H,24,25,26);;. The van der Waals surface area contributed by atoms with Crippen molar-refractivity contribution in [1.29, 1.82) is 0 Å². The van der Waals surface area contributed by atoms with Gasteiger partial charge in [-0.05, 0) is 12.1 Å². The zero-order valence-electron chi connectivity index (χ0n) is 14.4. The van der Waals surface area contributed by atoms with Gasteiger partial charge in [0.2, 0.25) is 0 Å². The Morgan fingerprint density at radius 2 is 1.69 bits per heavy atom. The monoisotopic (exact) mass is 426 g/mol. The van der Waals surface area contributed by atoms with Crippen LogP contribution in [0.3, 0.4) is 0 Å². The fraction of sp³-hybridized carbons (Fsp3) is 0.0588. The molecule has 146 valence electrons. The van der Waals surface area contributed by atoms with Crippen molar-refractivity contribution in [2.75, 3.05) is 12.8 Å². The fourth-order valence-corrected chi connectivity index (χ4v) is 3.33. The summed E-state index contributed by atoms with van der Waals surface area (Å²) < 4.78 is 38.1. The Morgan fingerprint density at radius 3 is 2.28 bits per heavy atom. The van der Waals surface area contributed by atoms with Crippen molar-refractivity contribution in [2.24, 2.45) is 10.2 Å². The summed E-state index contributed by atoms with van der Waals surface area (Å²) in [5.41, 5.74) is 6.23. The molecule has 0 saturated carbocycles. The van der Waals surface area contributed by atoms with Gasteiger partial charge < -0.3 is 10.5 Å². The van der Waals surface area contributed by atoms with Gasteiger partial charge >= 0.3 is 29.6 Å². The van der Waals surface area contributed by atoms with Gasteiger partial charge in [-0.15, -0.1) is 10.2 Å². The second kappa shape index (κ2) is 8.84. The molecule has 0 aromatic heterocycles. The number of nitro groups is 1. The Balaban J connectivity index is 0.00000300. The summed E-state index contributed by atoms with van der Waals surface area (Å²) in [7, 11) is -3.22. The van der Waals surface area contributed by atoms with Crippen molar-refractivity contribution in [3.63, 3.8) is 0 Å². The summed E-state index contributed by atoms with van der Waals surface area (Å²) in [6, 6.07) is 11.2. The molecule has 0 aliphatic heterocycles. The van der Waals surface area contributed by atoms with E-state index in [9.17, 15) is 23.1 Å². The molecule has 12 heteroatoms. The number of fused-ring (bicyclic) bond motifs is 1. The summed E-state index contributed by atoms with van der Waals surface area (Å²) in [6.45, 7) is 0.